The van der Waals surface area contributed by atoms with Crippen LogP contribution in [0, 0.1) is 0 Å². The third-order valence-corrected chi connectivity index (χ3v) is 4.45. The average Bonchev–Trinajstić information content (AvgIpc) is 3.00. The summed E-state index contributed by atoms with van der Waals surface area (Å²) in [5.41, 5.74) is 2.09. The van der Waals surface area contributed by atoms with E-state index in [1.807, 2.05) is 24.3 Å². The van der Waals surface area contributed by atoms with Gasteiger partial charge in [0.2, 0.25) is 5.88 Å². The highest BCUT2D eigenvalue weighted by Crippen LogP contribution is 2.29. The zero-order valence-corrected chi connectivity index (χ0v) is 13.2. The maximum absolute atomic E-state index is 10.1. The van der Waals surface area contributed by atoms with Crippen LogP contribution in [-0.2, 0) is 0 Å². The average molecular weight is 325 g/mol. The number of para-hydroxylation sites is 1. The number of aliphatic hydroxyl groups excluding tert-OH is 1. The standard InChI is InChI=1S/C18H19N3O3/c22-12-5-7-13(8-6-12)24-18-10-9-17-19-11-15(21(17)20-18)14-3-1-2-4-16(14)23/h1-4,9-13,22-23H,5-8H2. The zero-order valence-electron chi connectivity index (χ0n) is 13.2. The van der Waals surface area contributed by atoms with Crippen molar-refractivity contribution in [2.75, 3.05) is 0 Å². The Labute approximate surface area is 139 Å². The summed E-state index contributed by atoms with van der Waals surface area (Å²) >= 11 is 0. The Hall–Kier alpha value is -2.60. The minimum atomic E-state index is -0.207. The second kappa shape index (κ2) is 6.13. The Morgan fingerprint density at radius 1 is 1.04 bits per heavy atom. The molecule has 0 amide bonds. The van der Waals surface area contributed by atoms with E-state index in [0.717, 1.165) is 25.7 Å². The van der Waals surface area contributed by atoms with Gasteiger partial charge in [-0.05, 0) is 43.9 Å². The van der Waals surface area contributed by atoms with Crippen molar-refractivity contribution in [3.8, 4) is 22.9 Å². The van der Waals surface area contributed by atoms with Crippen LogP contribution in [0.3, 0.4) is 0 Å². The highest BCUT2D eigenvalue weighted by molar-refractivity contribution is 5.69. The number of hydrogen-bond acceptors (Lipinski definition) is 5. The fourth-order valence-electron chi connectivity index (χ4n) is 3.13. The van der Waals surface area contributed by atoms with Crippen LogP contribution in [0.1, 0.15) is 25.7 Å². The number of hydrogen-bond donors (Lipinski definition) is 2. The van der Waals surface area contributed by atoms with E-state index in [-0.39, 0.29) is 18.0 Å². The number of benzene rings is 1. The van der Waals surface area contributed by atoms with Crippen LogP contribution in [0.5, 0.6) is 11.6 Å². The van der Waals surface area contributed by atoms with Gasteiger partial charge in [-0.3, -0.25) is 0 Å². The highest BCUT2D eigenvalue weighted by atomic mass is 16.5. The normalized spacial score (nSPS) is 21.0. The summed E-state index contributed by atoms with van der Waals surface area (Å²) in [5, 5.41) is 24.2. The van der Waals surface area contributed by atoms with E-state index >= 15 is 0 Å². The summed E-state index contributed by atoms with van der Waals surface area (Å²) in [6.07, 6.45) is 4.76. The van der Waals surface area contributed by atoms with Crippen molar-refractivity contribution >= 4 is 5.65 Å². The van der Waals surface area contributed by atoms with Gasteiger partial charge in [0.05, 0.1) is 18.0 Å². The van der Waals surface area contributed by atoms with Crippen molar-refractivity contribution in [2.45, 2.75) is 37.9 Å². The Kier molecular flexibility index (Phi) is 3.82. The Bertz CT molecular complexity index is 854. The number of imidazole rings is 1. The van der Waals surface area contributed by atoms with E-state index in [0.29, 0.717) is 22.8 Å². The lowest BCUT2D eigenvalue weighted by molar-refractivity contribution is 0.0637. The molecule has 0 radical (unpaired) electrons. The molecule has 2 aromatic heterocycles. The first-order chi connectivity index (χ1) is 11.7. The first-order valence-corrected chi connectivity index (χ1v) is 8.18. The number of aromatic hydroxyl groups is 1. The number of phenols is 1. The van der Waals surface area contributed by atoms with E-state index in [1.165, 1.54) is 0 Å². The molecule has 0 saturated heterocycles. The van der Waals surface area contributed by atoms with Gasteiger partial charge >= 0.3 is 0 Å². The Morgan fingerprint density at radius 2 is 1.83 bits per heavy atom. The van der Waals surface area contributed by atoms with Crippen LogP contribution in [0.25, 0.3) is 16.9 Å². The van der Waals surface area contributed by atoms with E-state index in [9.17, 15) is 10.2 Å². The van der Waals surface area contributed by atoms with Gasteiger partial charge in [0, 0.05) is 11.6 Å². The van der Waals surface area contributed by atoms with E-state index < -0.39 is 0 Å². The molecule has 4 rings (SSSR count). The zero-order chi connectivity index (χ0) is 16.5. The number of aromatic nitrogens is 3. The second-order valence-electron chi connectivity index (χ2n) is 6.15. The monoisotopic (exact) mass is 325 g/mol. The van der Waals surface area contributed by atoms with E-state index in [4.69, 9.17) is 4.74 Å². The summed E-state index contributed by atoms with van der Waals surface area (Å²) in [6.45, 7) is 0. The largest absolute Gasteiger partial charge is 0.507 e. The molecule has 1 aromatic carbocycles. The van der Waals surface area contributed by atoms with Crippen LogP contribution in [-0.4, -0.2) is 37.0 Å². The lowest BCUT2D eigenvalue weighted by atomic mass is 9.95. The maximum atomic E-state index is 10.1. The summed E-state index contributed by atoms with van der Waals surface area (Å²) in [4.78, 5) is 4.33. The number of phenolic OH excluding ortho intramolecular Hbond substituents is 1. The molecule has 0 unspecified atom stereocenters. The number of rotatable bonds is 3. The van der Waals surface area contributed by atoms with Gasteiger partial charge in [-0.25, -0.2) is 9.50 Å². The van der Waals surface area contributed by atoms with E-state index in [2.05, 4.69) is 10.1 Å². The van der Waals surface area contributed by atoms with Crippen LogP contribution in [0.15, 0.2) is 42.6 Å². The van der Waals surface area contributed by atoms with Crippen molar-refractivity contribution < 1.29 is 14.9 Å². The summed E-state index contributed by atoms with van der Waals surface area (Å²) in [6, 6.07) is 10.8. The van der Waals surface area contributed by atoms with Crippen LogP contribution in [0.4, 0.5) is 0 Å². The fourth-order valence-corrected chi connectivity index (χ4v) is 3.13. The maximum Gasteiger partial charge on any atom is 0.232 e. The van der Waals surface area contributed by atoms with Gasteiger partial charge in [-0.15, -0.1) is 5.10 Å². The molecule has 0 bridgehead atoms. The number of fused-ring (bicyclic) bond motifs is 1. The summed E-state index contributed by atoms with van der Waals surface area (Å²) in [7, 11) is 0. The number of ether oxygens (including phenoxy) is 1. The molecule has 6 nitrogen and oxygen atoms in total. The lowest BCUT2D eigenvalue weighted by Crippen LogP contribution is -2.26. The third kappa shape index (κ3) is 2.80. The molecule has 0 aliphatic heterocycles. The van der Waals surface area contributed by atoms with Crippen molar-refractivity contribution in [1.82, 2.24) is 14.6 Å². The SMILES string of the molecule is Oc1ccccc1-c1cnc2ccc(OC3CCC(O)CC3)nn12. The molecule has 6 heteroatoms. The van der Waals surface area contributed by atoms with Gasteiger partial charge in [-0.1, -0.05) is 12.1 Å². The predicted octanol–water partition coefficient (Wildman–Crippen LogP) is 2.78. The number of aliphatic hydroxyl groups is 1. The second-order valence-corrected chi connectivity index (χ2v) is 6.15. The fraction of sp³-hybridized carbons (Fsp3) is 0.333. The lowest BCUT2D eigenvalue weighted by Gasteiger charge is -2.25. The molecule has 3 aromatic rings. The van der Waals surface area contributed by atoms with Gasteiger partial charge in [0.1, 0.15) is 11.9 Å². The molecule has 1 aliphatic rings. The van der Waals surface area contributed by atoms with Crippen LogP contribution >= 0.6 is 0 Å². The Balaban J connectivity index is 1.65. The molecule has 1 fully saturated rings. The molecule has 1 saturated carbocycles. The van der Waals surface area contributed by atoms with Crippen molar-refractivity contribution in [3.05, 3.63) is 42.6 Å². The first-order valence-electron chi connectivity index (χ1n) is 8.18. The molecular formula is C18H19N3O3. The minimum Gasteiger partial charge on any atom is -0.507 e. The van der Waals surface area contributed by atoms with Crippen LogP contribution in [0.2, 0.25) is 0 Å². The molecule has 0 spiro atoms. The molecule has 0 atom stereocenters. The number of nitrogens with zero attached hydrogens (tertiary/aromatic N) is 3. The van der Waals surface area contributed by atoms with Crippen molar-refractivity contribution in [3.63, 3.8) is 0 Å². The van der Waals surface area contributed by atoms with Crippen LogP contribution < -0.4 is 4.74 Å². The van der Waals surface area contributed by atoms with Gasteiger partial charge in [-0.2, -0.15) is 0 Å². The van der Waals surface area contributed by atoms with Gasteiger partial charge < -0.3 is 14.9 Å². The quantitative estimate of drug-likeness (QED) is 0.774. The summed E-state index contributed by atoms with van der Waals surface area (Å²) < 4.78 is 7.65. The van der Waals surface area contributed by atoms with Gasteiger partial charge in [0.15, 0.2) is 5.65 Å². The Morgan fingerprint density at radius 3 is 2.62 bits per heavy atom. The van der Waals surface area contributed by atoms with Crippen molar-refractivity contribution in [2.24, 2.45) is 0 Å². The first kappa shape index (κ1) is 15.0. The smallest absolute Gasteiger partial charge is 0.232 e. The highest BCUT2D eigenvalue weighted by Gasteiger charge is 2.21. The third-order valence-electron chi connectivity index (χ3n) is 4.45. The topological polar surface area (TPSA) is 79.9 Å². The molecule has 124 valence electrons. The predicted molar refractivity (Wildman–Crippen MR) is 89.0 cm³/mol. The molecule has 2 heterocycles. The molecule has 24 heavy (non-hydrogen) atoms. The molecule has 1 aliphatic carbocycles. The molecule has 2 N–H and O–H groups in total. The van der Waals surface area contributed by atoms with Gasteiger partial charge in [0.25, 0.3) is 0 Å². The minimum absolute atomic E-state index is 0.0791. The van der Waals surface area contributed by atoms with Crippen molar-refractivity contribution in [1.29, 1.82) is 0 Å². The molecular weight excluding hydrogens is 306 g/mol. The van der Waals surface area contributed by atoms with E-state index in [1.54, 1.807) is 22.8 Å². The summed E-state index contributed by atoms with van der Waals surface area (Å²) in [5.74, 6) is 0.715.